The summed E-state index contributed by atoms with van der Waals surface area (Å²) in [7, 11) is 1.61. The maximum atomic E-state index is 10.7. The van der Waals surface area contributed by atoms with Crippen LogP contribution in [0.4, 0.5) is 0 Å². The van der Waals surface area contributed by atoms with E-state index in [1.165, 1.54) is 6.42 Å². The zero-order valence-electron chi connectivity index (χ0n) is 12.0. The molecule has 2 heterocycles. The Morgan fingerprint density at radius 1 is 1.45 bits per heavy atom. The molecule has 0 spiro atoms. The molecule has 2 atom stereocenters. The topological polar surface area (TPSA) is 71.6 Å². The van der Waals surface area contributed by atoms with Crippen LogP contribution >= 0.6 is 0 Å². The molecular weight excluding hydrogens is 258 g/mol. The number of likely N-dealkylation sites (tertiary alicyclic amines) is 1. The van der Waals surface area contributed by atoms with Gasteiger partial charge in [-0.15, -0.1) is 0 Å². The molecule has 6 nitrogen and oxygen atoms in total. The van der Waals surface area contributed by atoms with Gasteiger partial charge in [-0.05, 0) is 19.3 Å². The Kier molecular flexibility index (Phi) is 4.05. The third-order valence-electron chi connectivity index (χ3n) is 4.65. The molecule has 1 aliphatic carbocycles. The van der Waals surface area contributed by atoms with Gasteiger partial charge in [0.1, 0.15) is 6.61 Å². The number of hydrogen-bond acceptors (Lipinski definition) is 6. The van der Waals surface area contributed by atoms with Gasteiger partial charge in [0.2, 0.25) is 0 Å². The molecule has 0 bridgehead atoms. The Bertz CT molecular complexity index is 451. The van der Waals surface area contributed by atoms with Crippen molar-refractivity contribution in [3.63, 3.8) is 0 Å². The van der Waals surface area contributed by atoms with Crippen LogP contribution in [0.1, 0.15) is 43.8 Å². The van der Waals surface area contributed by atoms with Crippen LogP contribution in [-0.2, 0) is 17.9 Å². The van der Waals surface area contributed by atoms with Crippen LogP contribution < -0.4 is 0 Å². The largest absolute Gasteiger partial charge is 0.390 e. The Hall–Kier alpha value is -0.980. The lowest BCUT2D eigenvalue weighted by atomic mass is 9.71. The highest BCUT2D eigenvalue weighted by atomic mass is 16.5. The molecule has 1 aromatic heterocycles. The molecule has 2 fully saturated rings. The number of methoxy groups -OCH3 is 1. The van der Waals surface area contributed by atoms with E-state index in [-0.39, 0.29) is 0 Å². The first-order valence-electron chi connectivity index (χ1n) is 7.45. The van der Waals surface area contributed by atoms with E-state index in [2.05, 4.69) is 15.0 Å². The first-order valence-corrected chi connectivity index (χ1v) is 7.45. The fourth-order valence-corrected chi connectivity index (χ4v) is 3.52. The summed E-state index contributed by atoms with van der Waals surface area (Å²) in [6, 6.07) is 0. The number of nitrogens with zero attached hydrogens (tertiary/aromatic N) is 3. The van der Waals surface area contributed by atoms with Gasteiger partial charge in [0.15, 0.2) is 5.82 Å². The highest BCUT2D eigenvalue weighted by molar-refractivity contribution is 4.97. The van der Waals surface area contributed by atoms with Crippen molar-refractivity contribution >= 4 is 0 Å². The summed E-state index contributed by atoms with van der Waals surface area (Å²) < 4.78 is 10.1. The quantitative estimate of drug-likeness (QED) is 0.898. The van der Waals surface area contributed by atoms with Crippen molar-refractivity contribution in [1.82, 2.24) is 15.0 Å². The molecule has 0 radical (unpaired) electrons. The maximum Gasteiger partial charge on any atom is 0.252 e. The monoisotopic (exact) mass is 281 g/mol. The second-order valence-corrected chi connectivity index (χ2v) is 6.07. The number of piperidine rings is 1. The zero-order valence-corrected chi connectivity index (χ0v) is 12.0. The van der Waals surface area contributed by atoms with Gasteiger partial charge in [-0.2, -0.15) is 4.98 Å². The molecule has 1 aliphatic heterocycles. The van der Waals surface area contributed by atoms with E-state index >= 15 is 0 Å². The second kappa shape index (κ2) is 5.79. The van der Waals surface area contributed by atoms with Crippen LogP contribution in [0.25, 0.3) is 0 Å². The Morgan fingerprint density at radius 2 is 2.35 bits per heavy atom. The van der Waals surface area contributed by atoms with Gasteiger partial charge >= 0.3 is 0 Å². The van der Waals surface area contributed by atoms with Crippen LogP contribution in [0.15, 0.2) is 4.52 Å². The van der Waals surface area contributed by atoms with Crippen LogP contribution in [0, 0.1) is 5.92 Å². The molecule has 1 saturated heterocycles. The van der Waals surface area contributed by atoms with Crippen LogP contribution in [0.3, 0.4) is 0 Å². The number of ether oxygens (including phenoxy) is 1. The fraction of sp³-hybridized carbons (Fsp3) is 0.857. The summed E-state index contributed by atoms with van der Waals surface area (Å²) in [5, 5.41) is 14.6. The van der Waals surface area contributed by atoms with Crippen LogP contribution in [0.5, 0.6) is 0 Å². The normalized spacial score (nSPS) is 31.2. The minimum Gasteiger partial charge on any atom is -0.390 e. The van der Waals surface area contributed by atoms with E-state index in [9.17, 15) is 5.11 Å². The lowest BCUT2D eigenvalue weighted by Gasteiger charge is -2.47. The third kappa shape index (κ3) is 2.87. The standard InChI is InChI=1S/C14H23N3O3/c1-19-10-13-15-12(16-20-13)9-17-7-6-14(18)5-3-2-4-11(14)8-17/h11,18H,2-10H2,1H3. The van der Waals surface area contributed by atoms with Crippen molar-refractivity contribution in [2.75, 3.05) is 20.2 Å². The van der Waals surface area contributed by atoms with E-state index in [1.54, 1.807) is 7.11 Å². The van der Waals surface area contributed by atoms with E-state index in [1.807, 2.05) is 0 Å². The number of aromatic nitrogens is 2. The van der Waals surface area contributed by atoms with E-state index in [0.717, 1.165) is 38.8 Å². The minimum atomic E-state index is -0.423. The second-order valence-electron chi connectivity index (χ2n) is 6.07. The summed E-state index contributed by atoms with van der Waals surface area (Å²) in [4.78, 5) is 6.63. The van der Waals surface area contributed by atoms with Crippen LogP contribution in [-0.4, -0.2) is 45.9 Å². The SMILES string of the molecule is COCc1nc(CN2CCC3(O)CCCCC3C2)no1. The highest BCUT2D eigenvalue weighted by Gasteiger charge is 2.42. The van der Waals surface area contributed by atoms with Crippen LogP contribution in [0.2, 0.25) is 0 Å². The fourth-order valence-electron chi connectivity index (χ4n) is 3.52. The molecule has 6 heteroatoms. The van der Waals surface area contributed by atoms with Gasteiger partial charge in [0.05, 0.1) is 12.1 Å². The van der Waals surface area contributed by atoms with Crippen molar-refractivity contribution in [2.24, 2.45) is 5.92 Å². The average Bonchev–Trinajstić information content (AvgIpc) is 2.87. The Labute approximate surface area is 119 Å². The van der Waals surface area contributed by atoms with Crippen molar-refractivity contribution in [3.05, 3.63) is 11.7 Å². The van der Waals surface area contributed by atoms with E-state index in [4.69, 9.17) is 9.26 Å². The Balaban J connectivity index is 1.58. The van der Waals surface area contributed by atoms with Gasteiger partial charge in [0, 0.05) is 26.1 Å². The maximum absolute atomic E-state index is 10.7. The predicted molar refractivity (Wildman–Crippen MR) is 71.8 cm³/mol. The van der Waals surface area contributed by atoms with Crippen molar-refractivity contribution < 1.29 is 14.4 Å². The number of fused-ring (bicyclic) bond motifs is 1. The Morgan fingerprint density at radius 3 is 3.20 bits per heavy atom. The molecule has 1 saturated carbocycles. The summed E-state index contributed by atoms with van der Waals surface area (Å²) in [6.07, 6.45) is 5.36. The summed E-state index contributed by atoms with van der Waals surface area (Å²) in [5.41, 5.74) is -0.423. The molecule has 2 aliphatic rings. The molecule has 1 aromatic rings. The first-order chi connectivity index (χ1) is 9.69. The number of aliphatic hydroxyl groups is 1. The smallest absolute Gasteiger partial charge is 0.252 e. The molecular formula is C14H23N3O3. The molecule has 112 valence electrons. The van der Waals surface area contributed by atoms with Gasteiger partial charge in [-0.1, -0.05) is 18.0 Å². The predicted octanol–water partition coefficient (Wildman–Crippen LogP) is 1.34. The molecule has 2 unspecified atom stereocenters. The zero-order chi connectivity index (χ0) is 14.0. The lowest BCUT2D eigenvalue weighted by Crippen LogP contribution is -2.53. The minimum absolute atomic E-state index is 0.357. The molecule has 20 heavy (non-hydrogen) atoms. The molecule has 0 aromatic carbocycles. The molecule has 1 N–H and O–H groups in total. The van der Waals surface area contributed by atoms with Gasteiger partial charge in [0.25, 0.3) is 5.89 Å². The summed E-state index contributed by atoms with van der Waals surface area (Å²) in [5.74, 6) is 1.63. The van der Waals surface area contributed by atoms with E-state index < -0.39 is 5.60 Å². The number of hydrogen-bond donors (Lipinski definition) is 1. The highest BCUT2D eigenvalue weighted by Crippen LogP contribution is 2.39. The lowest BCUT2D eigenvalue weighted by molar-refractivity contribution is -0.0971. The molecule has 0 amide bonds. The van der Waals surface area contributed by atoms with Gasteiger partial charge < -0.3 is 14.4 Å². The molecule has 3 rings (SSSR count). The van der Waals surface area contributed by atoms with E-state index in [0.29, 0.717) is 30.8 Å². The van der Waals surface area contributed by atoms with Crippen molar-refractivity contribution in [2.45, 2.75) is 50.9 Å². The number of rotatable bonds is 4. The van der Waals surface area contributed by atoms with Crippen molar-refractivity contribution in [3.8, 4) is 0 Å². The van der Waals surface area contributed by atoms with Crippen molar-refractivity contribution in [1.29, 1.82) is 0 Å². The first kappa shape index (κ1) is 14.0. The summed E-state index contributed by atoms with van der Waals surface area (Å²) in [6.45, 7) is 2.89. The van der Waals surface area contributed by atoms with Gasteiger partial charge in [-0.3, -0.25) is 4.90 Å². The average molecular weight is 281 g/mol. The third-order valence-corrected chi connectivity index (χ3v) is 4.65. The van der Waals surface area contributed by atoms with Gasteiger partial charge in [-0.25, -0.2) is 0 Å². The summed E-state index contributed by atoms with van der Waals surface area (Å²) >= 11 is 0.